The molecule has 0 saturated carbocycles. The van der Waals surface area contributed by atoms with Gasteiger partial charge in [0.1, 0.15) is 5.75 Å². The average molecular weight is 217 g/mol. The predicted molar refractivity (Wildman–Crippen MR) is 55.2 cm³/mol. The van der Waals surface area contributed by atoms with E-state index in [2.05, 4.69) is 0 Å². The molecule has 84 valence electrons. The van der Waals surface area contributed by atoms with E-state index in [1.807, 2.05) is 19.9 Å². The Morgan fingerprint density at radius 3 is 2.27 bits per heavy atom. The molecule has 0 atom stereocenters. The summed E-state index contributed by atoms with van der Waals surface area (Å²) in [6, 6.07) is 3.55. The second-order valence-electron chi connectivity index (χ2n) is 3.73. The number of benzene rings is 1. The van der Waals surface area contributed by atoms with Crippen LogP contribution in [0.4, 0.5) is 12.9 Å². The van der Waals surface area contributed by atoms with Crippen LogP contribution >= 0.6 is 0 Å². The van der Waals surface area contributed by atoms with Crippen molar-refractivity contribution >= 4 is 6.98 Å². The quantitative estimate of drug-likeness (QED) is 0.705. The van der Waals surface area contributed by atoms with E-state index < -0.39 is 13.5 Å². The highest BCUT2D eigenvalue weighted by atomic mass is 19.4. The number of aryl methyl sites for hydroxylation is 2. The topological polar surface area (TPSA) is 9.23 Å². The lowest BCUT2D eigenvalue weighted by atomic mass is 9.94. The van der Waals surface area contributed by atoms with Crippen molar-refractivity contribution in [1.82, 2.24) is 0 Å². The molecule has 15 heavy (non-hydrogen) atoms. The fraction of sp³-hybridized carbons (Fsp3) is 0.400. The second-order valence-corrected chi connectivity index (χ2v) is 3.73. The van der Waals surface area contributed by atoms with Gasteiger partial charge in [-0.3, -0.25) is 0 Å². The summed E-state index contributed by atoms with van der Waals surface area (Å²) in [7, 11) is 0. The molecule has 0 spiro atoms. The normalized spacial score (nSPS) is 11.6. The van der Waals surface area contributed by atoms with Gasteiger partial charge in [0, 0.05) is 0 Å². The fourth-order valence-corrected chi connectivity index (χ4v) is 1.33. The number of hydrogen-bond donors (Lipinski definition) is 0. The molecule has 0 radical (unpaired) electrons. The van der Waals surface area contributed by atoms with Crippen molar-refractivity contribution in [3.8, 4) is 5.75 Å². The standard InChI is InChI=1S/C10H13BF3O/c1-7-4-8(2)9(3)10(5-7)15-6-11(12,13)14/h4-5H,6H2,1-3H3/q-1. The number of ether oxygens (including phenoxy) is 1. The Balaban J connectivity index is 2.86. The number of hydrogen-bond acceptors (Lipinski definition) is 1. The van der Waals surface area contributed by atoms with Crippen LogP contribution in [-0.4, -0.2) is 13.5 Å². The highest BCUT2D eigenvalue weighted by molar-refractivity contribution is 6.58. The van der Waals surface area contributed by atoms with Gasteiger partial charge >= 0.3 is 6.98 Å². The average Bonchev–Trinajstić information content (AvgIpc) is 2.07. The van der Waals surface area contributed by atoms with E-state index in [1.54, 1.807) is 13.0 Å². The summed E-state index contributed by atoms with van der Waals surface area (Å²) in [4.78, 5) is 0. The van der Waals surface area contributed by atoms with Crippen LogP contribution < -0.4 is 4.74 Å². The first-order chi connectivity index (χ1) is 6.79. The molecule has 0 unspecified atom stereocenters. The monoisotopic (exact) mass is 217 g/mol. The second kappa shape index (κ2) is 4.17. The summed E-state index contributed by atoms with van der Waals surface area (Å²) in [5.74, 6) is 0.326. The zero-order valence-electron chi connectivity index (χ0n) is 8.98. The molecular formula is C10H13BF3O-. The third-order valence-electron chi connectivity index (χ3n) is 2.19. The van der Waals surface area contributed by atoms with Crippen LogP contribution in [0.3, 0.4) is 0 Å². The Hall–Kier alpha value is -1.13. The first-order valence-electron chi connectivity index (χ1n) is 4.71. The maximum absolute atomic E-state index is 12.0. The summed E-state index contributed by atoms with van der Waals surface area (Å²) < 4.78 is 40.8. The van der Waals surface area contributed by atoms with E-state index in [1.165, 1.54) is 0 Å². The molecular weight excluding hydrogens is 204 g/mol. The molecule has 5 heteroatoms. The van der Waals surface area contributed by atoms with Crippen molar-refractivity contribution in [2.24, 2.45) is 0 Å². The van der Waals surface area contributed by atoms with Crippen molar-refractivity contribution < 1.29 is 17.7 Å². The number of rotatable bonds is 3. The summed E-state index contributed by atoms with van der Waals surface area (Å²) in [6.07, 6.45) is 0. The fourth-order valence-electron chi connectivity index (χ4n) is 1.33. The summed E-state index contributed by atoms with van der Waals surface area (Å²) >= 11 is 0. The van der Waals surface area contributed by atoms with Gasteiger partial charge in [0.05, 0.1) is 6.51 Å². The Morgan fingerprint density at radius 2 is 1.73 bits per heavy atom. The summed E-state index contributed by atoms with van der Waals surface area (Å²) in [6.45, 7) is -0.620. The van der Waals surface area contributed by atoms with E-state index >= 15 is 0 Å². The van der Waals surface area contributed by atoms with Gasteiger partial charge in [-0.15, -0.1) is 0 Å². The first-order valence-corrected chi connectivity index (χ1v) is 4.71. The van der Waals surface area contributed by atoms with E-state index in [9.17, 15) is 12.9 Å². The van der Waals surface area contributed by atoms with E-state index in [0.29, 0.717) is 5.75 Å². The maximum Gasteiger partial charge on any atom is 0.515 e. The third-order valence-corrected chi connectivity index (χ3v) is 2.19. The lowest BCUT2D eigenvalue weighted by Gasteiger charge is -2.17. The molecule has 0 aliphatic carbocycles. The van der Waals surface area contributed by atoms with Crippen LogP contribution in [0.25, 0.3) is 0 Å². The van der Waals surface area contributed by atoms with Gasteiger partial charge in [-0.05, 0) is 43.5 Å². The van der Waals surface area contributed by atoms with E-state index in [-0.39, 0.29) is 0 Å². The summed E-state index contributed by atoms with van der Waals surface area (Å²) in [5.41, 5.74) is 2.61. The molecule has 0 aromatic heterocycles. The molecule has 0 fully saturated rings. The Morgan fingerprint density at radius 1 is 1.13 bits per heavy atom. The largest absolute Gasteiger partial charge is 0.521 e. The van der Waals surface area contributed by atoms with E-state index in [0.717, 1.165) is 16.7 Å². The van der Waals surface area contributed by atoms with Crippen molar-refractivity contribution in [2.75, 3.05) is 6.51 Å². The van der Waals surface area contributed by atoms with Gasteiger partial charge < -0.3 is 17.7 Å². The molecule has 0 heterocycles. The van der Waals surface area contributed by atoms with Crippen LogP contribution in [0.2, 0.25) is 0 Å². The summed E-state index contributed by atoms with van der Waals surface area (Å²) in [5, 5.41) is 0. The predicted octanol–water partition coefficient (Wildman–Crippen LogP) is 3.38. The molecule has 0 aliphatic heterocycles. The van der Waals surface area contributed by atoms with Crippen molar-refractivity contribution in [1.29, 1.82) is 0 Å². The Labute approximate surface area is 87.3 Å². The van der Waals surface area contributed by atoms with Crippen LogP contribution in [0, 0.1) is 20.8 Å². The van der Waals surface area contributed by atoms with Crippen molar-refractivity contribution in [3.63, 3.8) is 0 Å². The maximum atomic E-state index is 12.0. The lowest BCUT2D eigenvalue weighted by molar-refractivity contribution is 0.311. The molecule has 1 aromatic rings. The van der Waals surface area contributed by atoms with Crippen LogP contribution in [0.15, 0.2) is 12.1 Å². The minimum absolute atomic E-state index is 0.326. The van der Waals surface area contributed by atoms with Gasteiger partial charge in [-0.1, -0.05) is 6.07 Å². The Bertz CT molecular complexity index is 360. The molecule has 0 bridgehead atoms. The first kappa shape index (κ1) is 11.9. The minimum Gasteiger partial charge on any atom is -0.521 e. The van der Waals surface area contributed by atoms with Gasteiger partial charge in [-0.2, -0.15) is 0 Å². The highest BCUT2D eigenvalue weighted by Crippen LogP contribution is 2.24. The van der Waals surface area contributed by atoms with Crippen LogP contribution in [0.5, 0.6) is 5.75 Å². The van der Waals surface area contributed by atoms with Gasteiger partial charge in [0.25, 0.3) is 0 Å². The third kappa shape index (κ3) is 3.49. The van der Waals surface area contributed by atoms with E-state index in [4.69, 9.17) is 4.74 Å². The molecule has 1 aromatic carbocycles. The zero-order valence-corrected chi connectivity index (χ0v) is 8.98. The van der Waals surface area contributed by atoms with Crippen LogP contribution in [-0.2, 0) is 0 Å². The molecule has 0 amide bonds. The smallest absolute Gasteiger partial charge is 0.515 e. The number of halogens is 3. The van der Waals surface area contributed by atoms with Gasteiger partial charge in [0.15, 0.2) is 0 Å². The molecule has 0 saturated heterocycles. The van der Waals surface area contributed by atoms with Crippen molar-refractivity contribution in [2.45, 2.75) is 20.8 Å². The molecule has 0 aliphatic rings. The Kier molecular flexibility index (Phi) is 3.32. The van der Waals surface area contributed by atoms with Crippen molar-refractivity contribution in [3.05, 3.63) is 28.8 Å². The van der Waals surface area contributed by atoms with Gasteiger partial charge in [-0.25, -0.2) is 0 Å². The van der Waals surface area contributed by atoms with Crippen LogP contribution in [0.1, 0.15) is 16.7 Å². The molecule has 0 N–H and O–H groups in total. The minimum atomic E-state index is -4.89. The highest BCUT2D eigenvalue weighted by Gasteiger charge is 2.24. The SMILES string of the molecule is Cc1cc(C)c(C)c(OC[B-](F)(F)F)c1. The lowest BCUT2D eigenvalue weighted by Crippen LogP contribution is -2.26. The van der Waals surface area contributed by atoms with Gasteiger partial charge in [0.2, 0.25) is 0 Å². The molecule has 1 nitrogen and oxygen atoms in total. The molecule has 1 rings (SSSR count). The zero-order chi connectivity index (χ0) is 11.6.